The van der Waals surface area contributed by atoms with Crippen molar-refractivity contribution in [2.75, 3.05) is 26.4 Å². The maximum Gasteiger partial charge on any atom is 0.120 e. The minimum absolute atomic E-state index is 0.0318. The number of ether oxygens (including phenoxy) is 2. The van der Waals surface area contributed by atoms with Crippen LogP contribution in [0.4, 0.5) is 0 Å². The van der Waals surface area contributed by atoms with E-state index in [-0.39, 0.29) is 6.61 Å². The van der Waals surface area contributed by atoms with Crippen molar-refractivity contribution in [3.8, 4) is 5.75 Å². The van der Waals surface area contributed by atoms with E-state index in [9.17, 15) is 0 Å². The molecule has 0 amide bonds. The predicted molar refractivity (Wildman–Crippen MR) is 100 cm³/mol. The van der Waals surface area contributed by atoms with E-state index in [1.807, 2.05) is 24.3 Å². The van der Waals surface area contributed by atoms with Crippen molar-refractivity contribution in [3.05, 3.63) is 51.4 Å². The Morgan fingerprint density at radius 3 is 2.13 bits per heavy atom. The minimum atomic E-state index is 0.0318. The summed E-state index contributed by atoms with van der Waals surface area (Å²) in [6.45, 7) is 1.29. The summed E-state index contributed by atoms with van der Waals surface area (Å²) >= 11 is 7.44. The molecule has 1 N–H and O–H groups in total. The lowest BCUT2D eigenvalue weighted by atomic mass is 10.0. The summed E-state index contributed by atoms with van der Waals surface area (Å²) in [5, 5.41) is 13.2. The van der Waals surface area contributed by atoms with Crippen LogP contribution in [0.2, 0.25) is 0 Å². The fraction of sp³-hybridized carbons (Fsp3) is 0.222. The number of hydrogen-bond acceptors (Lipinski definition) is 3. The first kappa shape index (κ1) is 16.7. The molecule has 0 unspecified atom stereocenters. The third-order valence-electron chi connectivity index (χ3n) is 3.60. The van der Waals surface area contributed by atoms with Gasteiger partial charge in [-0.25, -0.2) is 0 Å². The minimum Gasteiger partial charge on any atom is -0.491 e. The van der Waals surface area contributed by atoms with E-state index < -0.39 is 0 Å². The average molecular weight is 440 g/mol. The second-order valence-electron chi connectivity index (χ2n) is 5.07. The standard InChI is InChI=1S/C18H16Br2O3/c19-17-13-3-1-2-4-14(13)18(20)16-11-12(5-6-15(16)17)23-10-9-22-8-7-21/h1-6,11,21H,7-10H2. The van der Waals surface area contributed by atoms with Crippen molar-refractivity contribution in [2.45, 2.75) is 0 Å². The number of benzene rings is 3. The maximum atomic E-state index is 8.67. The zero-order chi connectivity index (χ0) is 16.2. The van der Waals surface area contributed by atoms with Crippen LogP contribution in [-0.2, 0) is 4.74 Å². The summed E-state index contributed by atoms with van der Waals surface area (Å²) in [7, 11) is 0. The molecule has 0 spiro atoms. The Labute approximate surface area is 151 Å². The number of fused-ring (bicyclic) bond motifs is 2. The highest BCUT2D eigenvalue weighted by atomic mass is 79.9. The lowest BCUT2D eigenvalue weighted by molar-refractivity contribution is 0.0705. The van der Waals surface area contributed by atoms with Crippen molar-refractivity contribution in [1.29, 1.82) is 0 Å². The van der Waals surface area contributed by atoms with Gasteiger partial charge < -0.3 is 14.6 Å². The third kappa shape index (κ3) is 3.53. The van der Waals surface area contributed by atoms with E-state index in [0.717, 1.165) is 30.9 Å². The third-order valence-corrected chi connectivity index (χ3v) is 5.30. The molecule has 0 aliphatic heterocycles. The molecule has 0 aliphatic carbocycles. The molecule has 0 heterocycles. The van der Waals surface area contributed by atoms with Gasteiger partial charge in [0.05, 0.1) is 19.8 Å². The van der Waals surface area contributed by atoms with Gasteiger partial charge in [-0.2, -0.15) is 0 Å². The van der Waals surface area contributed by atoms with Gasteiger partial charge in [-0.3, -0.25) is 0 Å². The van der Waals surface area contributed by atoms with Crippen LogP contribution in [-0.4, -0.2) is 31.5 Å². The summed E-state index contributed by atoms with van der Waals surface area (Å²) in [6, 6.07) is 14.3. The van der Waals surface area contributed by atoms with Gasteiger partial charge in [0, 0.05) is 14.3 Å². The van der Waals surface area contributed by atoms with Gasteiger partial charge in [-0.1, -0.05) is 24.3 Å². The molecule has 3 aromatic carbocycles. The quantitative estimate of drug-likeness (QED) is 0.438. The fourth-order valence-corrected chi connectivity index (χ4v) is 3.89. The largest absolute Gasteiger partial charge is 0.491 e. The highest BCUT2D eigenvalue weighted by molar-refractivity contribution is 9.11. The second-order valence-corrected chi connectivity index (χ2v) is 6.65. The molecule has 0 aliphatic rings. The summed E-state index contributed by atoms with van der Waals surface area (Å²) < 4.78 is 13.1. The molecular formula is C18H16Br2O3. The Morgan fingerprint density at radius 1 is 0.783 bits per heavy atom. The Hall–Kier alpha value is -1.14. The van der Waals surface area contributed by atoms with E-state index in [2.05, 4.69) is 50.1 Å². The monoisotopic (exact) mass is 438 g/mol. The van der Waals surface area contributed by atoms with Gasteiger partial charge in [0.2, 0.25) is 0 Å². The summed E-state index contributed by atoms with van der Waals surface area (Å²) in [5.74, 6) is 0.799. The molecule has 0 fully saturated rings. The maximum absolute atomic E-state index is 8.67. The molecule has 5 heteroatoms. The molecule has 0 atom stereocenters. The predicted octanol–water partition coefficient (Wildman–Crippen LogP) is 4.91. The number of aliphatic hydroxyl groups excluding tert-OH is 1. The molecule has 120 valence electrons. The van der Waals surface area contributed by atoms with E-state index in [4.69, 9.17) is 14.6 Å². The van der Waals surface area contributed by atoms with E-state index >= 15 is 0 Å². The van der Waals surface area contributed by atoms with Gasteiger partial charge in [-0.05, 0) is 66.2 Å². The lowest BCUT2D eigenvalue weighted by Crippen LogP contribution is -2.09. The van der Waals surface area contributed by atoms with Gasteiger partial charge in [-0.15, -0.1) is 0 Å². The molecule has 3 rings (SSSR count). The van der Waals surface area contributed by atoms with Crippen LogP contribution >= 0.6 is 31.9 Å². The van der Waals surface area contributed by atoms with Crippen LogP contribution in [0.1, 0.15) is 0 Å². The smallest absolute Gasteiger partial charge is 0.120 e. The van der Waals surface area contributed by atoms with Crippen molar-refractivity contribution in [2.24, 2.45) is 0 Å². The van der Waals surface area contributed by atoms with Crippen molar-refractivity contribution >= 4 is 53.4 Å². The highest BCUT2D eigenvalue weighted by Gasteiger charge is 2.11. The number of hydrogen-bond donors (Lipinski definition) is 1. The normalized spacial score (nSPS) is 11.3. The lowest BCUT2D eigenvalue weighted by Gasteiger charge is -2.12. The summed E-state index contributed by atoms with van der Waals surface area (Å²) in [4.78, 5) is 0. The number of rotatable bonds is 6. The van der Waals surface area contributed by atoms with Crippen LogP contribution in [0.3, 0.4) is 0 Å². The van der Waals surface area contributed by atoms with Crippen molar-refractivity contribution < 1.29 is 14.6 Å². The van der Waals surface area contributed by atoms with Crippen LogP contribution in [0.15, 0.2) is 51.4 Å². The van der Waals surface area contributed by atoms with Crippen molar-refractivity contribution in [1.82, 2.24) is 0 Å². The molecule has 3 aromatic rings. The Balaban J connectivity index is 1.93. The number of halogens is 2. The van der Waals surface area contributed by atoms with Gasteiger partial charge in [0.15, 0.2) is 0 Å². The van der Waals surface area contributed by atoms with E-state index in [1.165, 1.54) is 5.39 Å². The Kier molecular flexibility index (Phi) is 5.54. The number of aliphatic hydroxyl groups is 1. The van der Waals surface area contributed by atoms with Crippen LogP contribution in [0.5, 0.6) is 5.75 Å². The first-order valence-corrected chi connectivity index (χ1v) is 8.92. The van der Waals surface area contributed by atoms with E-state index in [1.54, 1.807) is 0 Å². The van der Waals surface area contributed by atoms with Crippen molar-refractivity contribution in [3.63, 3.8) is 0 Å². The van der Waals surface area contributed by atoms with Gasteiger partial charge in [0.1, 0.15) is 12.4 Å². The summed E-state index contributed by atoms with van der Waals surface area (Å²) in [6.07, 6.45) is 0. The Morgan fingerprint density at radius 2 is 1.43 bits per heavy atom. The molecular weight excluding hydrogens is 424 g/mol. The first-order valence-electron chi connectivity index (χ1n) is 7.33. The fourth-order valence-electron chi connectivity index (χ4n) is 2.53. The molecule has 0 saturated carbocycles. The van der Waals surface area contributed by atoms with Gasteiger partial charge in [0.25, 0.3) is 0 Å². The molecule has 0 aromatic heterocycles. The topological polar surface area (TPSA) is 38.7 Å². The Bertz CT molecular complexity index is 833. The molecule has 3 nitrogen and oxygen atoms in total. The van der Waals surface area contributed by atoms with E-state index in [0.29, 0.717) is 19.8 Å². The molecule has 0 saturated heterocycles. The first-order chi connectivity index (χ1) is 11.2. The molecule has 0 bridgehead atoms. The SMILES string of the molecule is OCCOCCOc1ccc2c(Br)c3ccccc3c(Br)c2c1. The van der Waals surface area contributed by atoms with Crippen LogP contribution in [0.25, 0.3) is 21.5 Å². The zero-order valence-electron chi connectivity index (χ0n) is 12.4. The van der Waals surface area contributed by atoms with Crippen LogP contribution < -0.4 is 4.74 Å². The average Bonchev–Trinajstić information content (AvgIpc) is 2.59. The summed E-state index contributed by atoms with van der Waals surface area (Å²) in [5.41, 5.74) is 0. The van der Waals surface area contributed by atoms with Crippen LogP contribution in [0, 0.1) is 0 Å². The molecule has 23 heavy (non-hydrogen) atoms. The second kappa shape index (κ2) is 7.62. The zero-order valence-corrected chi connectivity index (χ0v) is 15.6. The van der Waals surface area contributed by atoms with Gasteiger partial charge >= 0.3 is 0 Å². The highest BCUT2D eigenvalue weighted by Crippen LogP contribution is 2.40. The molecule has 0 radical (unpaired) electrons.